The highest BCUT2D eigenvalue weighted by atomic mass is 16.6. The number of fused-ring (bicyclic) bond motifs is 1. The molecule has 0 unspecified atom stereocenters. The van der Waals surface area contributed by atoms with E-state index in [1.807, 2.05) is 7.05 Å². The highest BCUT2D eigenvalue weighted by Gasteiger charge is 2.27. The first-order chi connectivity index (χ1) is 8.66. The number of hydrogen-bond donors (Lipinski definition) is 0. The summed E-state index contributed by atoms with van der Waals surface area (Å²) in [5.74, 6) is 0.793. The maximum Gasteiger partial charge on any atom is 0.298 e. The molecule has 6 heteroatoms. The Morgan fingerprint density at radius 1 is 1.56 bits per heavy atom. The smallest absolute Gasteiger partial charge is 0.298 e. The van der Waals surface area contributed by atoms with Gasteiger partial charge in [-0.2, -0.15) is 0 Å². The molecule has 0 aliphatic carbocycles. The zero-order valence-electron chi connectivity index (χ0n) is 10.00. The molecule has 0 aromatic carbocycles. The molecule has 1 saturated heterocycles. The molecule has 0 bridgehead atoms. The van der Waals surface area contributed by atoms with Gasteiger partial charge in [-0.25, -0.2) is 0 Å². The van der Waals surface area contributed by atoms with E-state index >= 15 is 0 Å². The summed E-state index contributed by atoms with van der Waals surface area (Å²) in [6.07, 6.45) is 4.94. The summed E-state index contributed by atoms with van der Waals surface area (Å²) in [6, 6.07) is 2.00. The average molecular weight is 247 g/mol. The van der Waals surface area contributed by atoms with Crippen LogP contribution >= 0.6 is 0 Å². The summed E-state index contributed by atoms with van der Waals surface area (Å²) in [5.41, 5.74) is 0.489. The van der Waals surface area contributed by atoms with Gasteiger partial charge in [-0.05, 0) is 32.5 Å². The van der Waals surface area contributed by atoms with Gasteiger partial charge in [0, 0.05) is 0 Å². The first kappa shape index (κ1) is 11.2. The number of likely N-dealkylation sites (tertiary alicyclic amines) is 1. The predicted molar refractivity (Wildman–Crippen MR) is 65.3 cm³/mol. The van der Waals surface area contributed by atoms with E-state index < -0.39 is 4.92 Å². The van der Waals surface area contributed by atoms with E-state index in [1.165, 1.54) is 12.4 Å². The SMILES string of the molecule is CN1CCC[C@H]1c1cc2c([N+](=O)[O-])cncc2o1. The topological polar surface area (TPSA) is 72.4 Å². The Hall–Kier alpha value is -1.95. The van der Waals surface area contributed by atoms with Gasteiger partial charge in [0.2, 0.25) is 0 Å². The molecule has 0 spiro atoms. The first-order valence-corrected chi connectivity index (χ1v) is 5.89. The Kier molecular flexibility index (Phi) is 2.52. The van der Waals surface area contributed by atoms with Gasteiger partial charge in [0.25, 0.3) is 5.69 Å². The van der Waals surface area contributed by atoms with Crippen LogP contribution in [0.3, 0.4) is 0 Å². The fourth-order valence-corrected chi connectivity index (χ4v) is 2.55. The summed E-state index contributed by atoms with van der Waals surface area (Å²) in [6.45, 7) is 1.03. The van der Waals surface area contributed by atoms with Crippen molar-refractivity contribution < 1.29 is 9.34 Å². The second-order valence-corrected chi connectivity index (χ2v) is 4.61. The molecule has 1 fully saturated rings. The second kappa shape index (κ2) is 4.06. The monoisotopic (exact) mass is 247 g/mol. The minimum Gasteiger partial charge on any atom is -0.457 e. The van der Waals surface area contributed by atoms with Crippen molar-refractivity contribution in [1.29, 1.82) is 0 Å². The van der Waals surface area contributed by atoms with E-state index in [4.69, 9.17) is 4.42 Å². The number of hydrogen-bond acceptors (Lipinski definition) is 5. The molecule has 0 N–H and O–H groups in total. The van der Waals surface area contributed by atoms with Crippen molar-refractivity contribution in [3.63, 3.8) is 0 Å². The highest BCUT2D eigenvalue weighted by molar-refractivity contribution is 5.86. The molecular weight excluding hydrogens is 234 g/mol. The van der Waals surface area contributed by atoms with E-state index in [-0.39, 0.29) is 11.7 Å². The van der Waals surface area contributed by atoms with Gasteiger partial charge in [0.05, 0.1) is 17.2 Å². The largest absolute Gasteiger partial charge is 0.457 e. The summed E-state index contributed by atoms with van der Waals surface area (Å²) in [5, 5.41) is 11.5. The van der Waals surface area contributed by atoms with E-state index in [2.05, 4.69) is 9.88 Å². The molecule has 18 heavy (non-hydrogen) atoms. The lowest BCUT2D eigenvalue weighted by atomic mass is 10.1. The number of aromatic nitrogens is 1. The Morgan fingerprint density at radius 2 is 2.39 bits per heavy atom. The lowest BCUT2D eigenvalue weighted by Crippen LogP contribution is -2.16. The van der Waals surface area contributed by atoms with Gasteiger partial charge in [-0.3, -0.25) is 20.0 Å². The van der Waals surface area contributed by atoms with Crippen molar-refractivity contribution in [3.8, 4) is 0 Å². The molecule has 3 rings (SSSR count). The lowest BCUT2D eigenvalue weighted by Gasteiger charge is -2.16. The van der Waals surface area contributed by atoms with Crippen LogP contribution in [0.4, 0.5) is 5.69 Å². The quantitative estimate of drug-likeness (QED) is 0.602. The molecule has 3 heterocycles. The van der Waals surface area contributed by atoms with Gasteiger partial charge in [-0.15, -0.1) is 0 Å². The molecule has 1 atom stereocenters. The third kappa shape index (κ3) is 1.65. The molecule has 6 nitrogen and oxygen atoms in total. The zero-order valence-corrected chi connectivity index (χ0v) is 10.00. The van der Waals surface area contributed by atoms with Crippen LogP contribution in [0.25, 0.3) is 11.0 Å². The maximum absolute atomic E-state index is 10.9. The third-order valence-corrected chi connectivity index (χ3v) is 3.49. The minimum atomic E-state index is -0.424. The summed E-state index contributed by atoms with van der Waals surface area (Å²) >= 11 is 0. The summed E-state index contributed by atoms with van der Waals surface area (Å²) in [7, 11) is 2.04. The van der Waals surface area contributed by atoms with Crippen LogP contribution in [-0.2, 0) is 0 Å². The molecular formula is C12H13N3O3. The maximum atomic E-state index is 10.9. The van der Waals surface area contributed by atoms with Gasteiger partial charge >= 0.3 is 0 Å². The molecule has 2 aromatic rings. The average Bonchev–Trinajstić information content (AvgIpc) is 2.92. The van der Waals surface area contributed by atoms with Crippen LogP contribution in [0.15, 0.2) is 22.9 Å². The third-order valence-electron chi connectivity index (χ3n) is 3.49. The van der Waals surface area contributed by atoms with Gasteiger partial charge in [-0.1, -0.05) is 0 Å². The Morgan fingerprint density at radius 3 is 3.06 bits per heavy atom. The molecule has 0 amide bonds. The Balaban J connectivity index is 2.11. The zero-order chi connectivity index (χ0) is 12.7. The van der Waals surface area contributed by atoms with Crippen molar-refractivity contribution in [2.45, 2.75) is 18.9 Å². The second-order valence-electron chi connectivity index (χ2n) is 4.61. The molecule has 0 saturated carbocycles. The van der Waals surface area contributed by atoms with E-state index in [1.54, 1.807) is 6.07 Å². The van der Waals surface area contributed by atoms with Crippen LogP contribution in [0.2, 0.25) is 0 Å². The van der Waals surface area contributed by atoms with Crippen molar-refractivity contribution in [3.05, 3.63) is 34.3 Å². The standard InChI is InChI=1S/C12H13N3O3/c1-14-4-2-3-9(14)11-5-8-10(15(16)17)6-13-7-12(8)18-11/h5-7,9H,2-4H2,1H3/t9-/m0/s1. The normalized spacial score (nSPS) is 20.6. The molecule has 1 aliphatic rings. The number of nitrogens with zero attached hydrogens (tertiary/aromatic N) is 3. The Bertz CT molecular complexity index is 608. The van der Waals surface area contributed by atoms with Crippen LogP contribution in [0.1, 0.15) is 24.6 Å². The molecule has 1 aliphatic heterocycles. The van der Waals surface area contributed by atoms with E-state index in [0.717, 1.165) is 25.1 Å². The van der Waals surface area contributed by atoms with Crippen LogP contribution in [-0.4, -0.2) is 28.4 Å². The van der Waals surface area contributed by atoms with Crippen molar-refractivity contribution in [2.24, 2.45) is 0 Å². The van der Waals surface area contributed by atoms with Crippen molar-refractivity contribution >= 4 is 16.7 Å². The molecule has 94 valence electrons. The fraction of sp³-hybridized carbons (Fsp3) is 0.417. The number of pyridine rings is 1. The highest BCUT2D eigenvalue weighted by Crippen LogP contribution is 2.36. The summed E-state index contributed by atoms with van der Waals surface area (Å²) in [4.78, 5) is 16.5. The fourth-order valence-electron chi connectivity index (χ4n) is 2.55. The molecule has 0 radical (unpaired) electrons. The lowest BCUT2D eigenvalue weighted by molar-refractivity contribution is -0.383. The first-order valence-electron chi connectivity index (χ1n) is 5.89. The predicted octanol–water partition coefficient (Wildman–Crippen LogP) is 2.50. The van der Waals surface area contributed by atoms with Crippen LogP contribution in [0, 0.1) is 10.1 Å². The van der Waals surface area contributed by atoms with Gasteiger partial charge in [0.1, 0.15) is 17.3 Å². The van der Waals surface area contributed by atoms with E-state index in [9.17, 15) is 10.1 Å². The molecule has 2 aromatic heterocycles. The van der Waals surface area contributed by atoms with Crippen molar-refractivity contribution in [1.82, 2.24) is 9.88 Å². The minimum absolute atomic E-state index is 0.00292. The Labute approximate surface area is 103 Å². The number of nitro groups is 1. The van der Waals surface area contributed by atoms with Crippen LogP contribution in [0.5, 0.6) is 0 Å². The number of furan rings is 1. The van der Waals surface area contributed by atoms with Gasteiger partial charge < -0.3 is 4.42 Å². The summed E-state index contributed by atoms with van der Waals surface area (Å²) < 4.78 is 5.70. The number of rotatable bonds is 2. The van der Waals surface area contributed by atoms with Crippen LogP contribution < -0.4 is 0 Å². The van der Waals surface area contributed by atoms with E-state index in [0.29, 0.717) is 11.0 Å². The van der Waals surface area contributed by atoms with Gasteiger partial charge in [0.15, 0.2) is 5.58 Å². The van der Waals surface area contributed by atoms with Crippen molar-refractivity contribution in [2.75, 3.05) is 13.6 Å².